The molecule has 0 unspecified atom stereocenters. The number of carbonyl (C=O) groups excluding carboxylic acids is 1. The molecule has 5 heteroatoms. The van der Waals surface area contributed by atoms with Gasteiger partial charge in [-0.2, -0.15) is 10.4 Å². The second-order valence-corrected chi connectivity index (χ2v) is 4.39. The number of aryl methyl sites for hydroxylation is 2. The summed E-state index contributed by atoms with van der Waals surface area (Å²) in [5.41, 5.74) is 2.40. The first-order valence-electron chi connectivity index (χ1n) is 6.07. The summed E-state index contributed by atoms with van der Waals surface area (Å²) in [6, 6.07) is 9.33. The van der Waals surface area contributed by atoms with Gasteiger partial charge in [-0.15, -0.1) is 0 Å². The minimum atomic E-state index is -0.425. The summed E-state index contributed by atoms with van der Waals surface area (Å²) in [6.45, 7) is 1.90. The van der Waals surface area contributed by atoms with Gasteiger partial charge in [-0.05, 0) is 24.6 Å². The zero-order chi connectivity index (χ0) is 14.5. The van der Waals surface area contributed by atoms with E-state index in [4.69, 9.17) is 5.26 Å². The highest BCUT2D eigenvalue weighted by atomic mass is 16.1. The fourth-order valence-corrected chi connectivity index (χ4v) is 1.73. The van der Waals surface area contributed by atoms with Gasteiger partial charge in [0.25, 0.3) is 5.91 Å². The van der Waals surface area contributed by atoms with Gasteiger partial charge in [0.15, 0.2) is 0 Å². The average Bonchev–Trinajstić information content (AvgIpc) is 2.84. The van der Waals surface area contributed by atoms with E-state index in [-0.39, 0.29) is 5.57 Å². The maximum Gasteiger partial charge on any atom is 0.266 e. The summed E-state index contributed by atoms with van der Waals surface area (Å²) >= 11 is 0. The Morgan fingerprint density at radius 2 is 2.20 bits per heavy atom. The van der Waals surface area contributed by atoms with Crippen LogP contribution in [0, 0.1) is 18.3 Å². The molecule has 2 aromatic rings. The topological polar surface area (TPSA) is 70.7 Å². The molecule has 1 amide bonds. The van der Waals surface area contributed by atoms with Crippen LogP contribution < -0.4 is 5.32 Å². The van der Waals surface area contributed by atoms with Crippen LogP contribution in [0.1, 0.15) is 11.1 Å². The van der Waals surface area contributed by atoms with Crippen molar-refractivity contribution in [2.24, 2.45) is 7.05 Å². The fraction of sp³-hybridized carbons (Fsp3) is 0.133. The Hall–Kier alpha value is -2.87. The van der Waals surface area contributed by atoms with Crippen LogP contribution >= 0.6 is 0 Å². The molecule has 0 fully saturated rings. The van der Waals surface area contributed by atoms with Gasteiger partial charge in [0.2, 0.25) is 0 Å². The second-order valence-electron chi connectivity index (χ2n) is 4.39. The number of nitriles is 1. The average molecular weight is 266 g/mol. The molecule has 20 heavy (non-hydrogen) atoms. The lowest BCUT2D eigenvalue weighted by molar-refractivity contribution is -0.112. The van der Waals surface area contributed by atoms with Crippen molar-refractivity contribution in [3.8, 4) is 6.07 Å². The van der Waals surface area contributed by atoms with Crippen molar-refractivity contribution in [1.29, 1.82) is 5.26 Å². The minimum Gasteiger partial charge on any atom is -0.321 e. The number of nitrogens with zero attached hydrogens (tertiary/aromatic N) is 3. The lowest BCUT2D eigenvalue weighted by Crippen LogP contribution is -2.14. The number of hydrogen-bond acceptors (Lipinski definition) is 3. The molecule has 0 aliphatic heterocycles. The maximum atomic E-state index is 12.1. The molecule has 0 spiro atoms. The van der Waals surface area contributed by atoms with E-state index in [1.165, 1.54) is 6.08 Å². The molecular weight excluding hydrogens is 252 g/mol. The van der Waals surface area contributed by atoms with Crippen molar-refractivity contribution < 1.29 is 4.79 Å². The highest BCUT2D eigenvalue weighted by molar-refractivity contribution is 6.09. The summed E-state index contributed by atoms with van der Waals surface area (Å²) in [5, 5.41) is 15.8. The Bertz CT molecular complexity index is 707. The Labute approximate surface area is 117 Å². The Balaban J connectivity index is 2.21. The predicted molar refractivity (Wildman–Crippen MR) is 76.6 cm³/mol. The summed E-state index contributed by atoms with van der Waals surface area (Å²) in [7, 11) is 1.77. The first-order valence-corrected chi connectivity index (χ1v) is 6.07. The molecule has 1 heterocycles. The van der Waals surface area contributed by atoms with Crippen LogP contribution in [0.15, 0.2) is 42.2 Å². The first kappa shape index (κ1) is 13.6. The molecule has 0 radical (unpaired) electrons. The number of nitrogens with one attached hydrogen (secondary N) is 1. The molecule has 0 atom stereocenters. The van der Waals surface area contributed by atoms with Gasteiger partial charge in [-0.1, -0.05) is 18.2 Å². The minimum absolute atomic E-state index is 0.0428. The Kier molecular flexibility index (Phi) is 3.96. The van der Waals surface area contributed by atoms with Crippen molar-refractivity contribution in [1.82, 2.24) is 9.78 Å². The van der Waals surface area contributed by atoms with Gasteiger partial charge in [0.1, 0.15) is 11.6 Å². The number of anilines is 1. The number of aromatic nitrogens is 2. The second kappa shape index (κ2) is 5.85. The van der Waals surface area contributed by atoms with Gasteiger partial charge < -0.3 is 5.32 Å². The van der Waals surface area contributed by atoms with Crippen LogP contribution in [0.2, 0.25) is 0 Å². The third-order valence-electron chi connectivity index (χ3n) is 2.79. The van der Waals surface area contributed by atoms with E-state index in [1.807, 2.05) is 31.2 Å². The van der Waals surface area contributed by atoms with E-state index in [0.717, 1.165) is 5.56 Å². The van der Waals surface area contributed by atoms with E-state index in [9.17, 15) is 4.79 Å². The van der Waals surface area contributed by atoms with E-state index in [1.54, 1.807) is 30.2 Å². The van der Waals surface area contributed by atoms with Crippen LogP contribution in [-0.4, -0.2) is 15.7 Å². The van der Waals surface area contributed by atoms with Crippen LogP contribution in [-0.2, 0) is 11.8 Å². The number of rotatable bonds is 3. The molecule has 2 rings (SSSR count). The van der Waals surface area contributed by atoms with Crippen LogP contribution in [0.3, 0.4) is 0 Å². The summed E-state index contributed by atoms with van der Waals surface area (Å²) in [4.78, 5) is 12.1. The standard InChI is InChI=1S/C15H14N4O/c1-11-5-3-4-6-14(11)18-15(20)13(8-16)7-12-9-17-19(2)10-12/h3-7,9-10H,1-2H3,(H,18,20)/b13-7+. The molecular formula is C15H14N4O. The van der Waals surface area contributed by atoms with Crippen molar-refractivity contribution in [3.05, 3.63) is 53.4 Å². The van der Waals surface area contributed by atoms with Gasteiger partial charge >= 0.3 is 0 Å². The van der Waals surface area contributed by atoms with Gasteiger partial charge in [-0.3, -0.25) is 9.48 Å². The zero-order valence-corrected chi connectivity index (χ0v) is 11.3. The number of hydrogen-bond donors (Lipinski definition) is 1. The summed E-state index contributed by atoms with van der Waals surface area (Å²) in [5.74, 6) is -0.425. The lowest BCUT2D eigenvalue weighted by atomic mass is 10.1. The van der Waals surface area contributed by atoms with Crippen LogP contribution in [0.25, 0.3) is 6.08 Å². The molecule has 5 nitrogen and oxygen atoms in total. The van der Waals surface area contributed by atoms with E-state index >= 15 is 0 Å². The van der Waals surface area contributed by atoms with E-state index < -0.39 is 5.91 Å². The Morgan fingerprint density at radius 1 is 1.45 bits per heavy atom. The number of amides is 1. The molecule has 1 N–H and O–H groups in total. The number of benzene rings is 1. The van der Waals surface area contributed by atoms with Crippen molar-refractivity contribution in [2.75, 3.05) is 5.32 Å². The molecule has 1 aromatic heterocycles. The SMILES string of the molecule is Cc1ccccc1NC(=O)/C(C#N)=C/c1cnn(C)c1. The highest BCUT2D eigenvalue weighted by Crippen LogP contribution is 2.15. The molecule has 0 bridgehead atoms. The van der Waals surface area contributed by atoms with Crippen molar-refractivity contribution in [3.63, 3.8) is 0 Å². The molecule has 0 saturated carbocycles. The number of para-hydroxylation sites is 1. The molecule has 0 saturated heterocycles. The van der Waals surface area contributed by atoms with E-state index in [2.05, 4.69) is 10.4 Å². The molecule has 0 aliphatic carbocycles. The first-order chi connectivity index (χ1) is 9.60. The maximum absolute atomic E-state index is 12.1. The third kappa shape index (κ3) is 3.12. The quantitative estimate of drug-likeness (QED) is 0.684. The molecule has 0 aliphatic rings. The van der Waals surface area contributed by atoms with E-state index in [0.29, 0.717) is 11.3 Å². The van der Waals surface area contributed by atoms with Gasteiger partial charge in [-0.25, -0.2) is 0 Å². The van der Waals surface area contributed by atoms with Gasteiger partial charge in [0, 0.05) is 24.5 Å². The zero-order valence-electron chi connectivity index (χ0n) is 11.3. The van der Waals surface area contributed by atoms with Crippen LogP contribution in [0.4, 0.5) is 5.69 Å². The monoisotopic (exact) mass is 266 g/mol. The van der Waals surface area contributed by atoms with Crippen molar-refractivity contribution >= 4 is 17.7 Å². The third-order valence-corrected chi connectivity index (χ3v) is 2.79. The lowest BCUT2D eigenvalue weighted by Gasteiger charge is -2.06. The molecule has 1 aromatic carbocycles. The van der Waals surface area contributed by atoms with Crippen molar-refractivity contribution in [2.45, 2.75) is 6.92 Å². The summed E-state index contributed by atoms with van der Waals surface area (Å²) < 4.78 is 1.61. The highest BCUT2D eigenvalue weighted by Gasteiger charge is 2.10. The smallest absolute Gasteiger partial charge is 0.266 e. The number of carbonyl (C=O) groups is 1. The van der Waals surface area contributed by atoms with Crippen LogP contribution in [0.5, 0.6) is 0 Å². The fourth-order valence-electron chi connectivity index (χ4n) is 1.73. The summed E-state index contributed by atoms with van der Waals surface area (Å²) in [6.07, 6.45) is 4.84. The molecule has 100 valence electrons. The normalized spacial score (nSPS) is 10.9. The Morgan fingerprint density at radius 3 is 2.80 bits per heavy atom. The van der Waals surface area contributed by atoms with Gasteiger partial charge in [0.05, 0.1) is 6.20 Å². The largest absolute Gasteiger partial charge is 0.321 e. The predicted octanol–water partition coefficient (Wildman–Crippen LogP) is 2.27.